The normalized spacial score (nSPS) is 18.1. The van der Waals surface area contributed by atoms with E-state index in [-0.39, 0.29) is 42.0 Å². The van der Waals surface area contributed by atoms with Crippen LogP contribution in [0.1, 0.15) is 32.8 Å². The average Bonchev–Trinajstić information content (AvgIpc) is 3.08. The highest BCUT2D eigenvalue weighted by Crippen LogP contribution is 2.18. The van der Waals surface area contributed by atoms with E-state index in [0.29, 0.717) is 45.7 Å². The molecule has 0 bridgehead atoms. The van der Waals surface area contributed by atoms with E-state index < -0.39 is 5.60 Å². The number of halogens is 1. The molecule has 0 spiro atoms. The minimum Gasteiger partial charge on any atom is -0.444 e. The summed E-state index contributed by atoms with van der Waals surface area (Å²) in [5.41, 5.74) is 0.591. The number of aliphatic imine (C=N–C) groups is 1. The van der Waals surface area contributed by atoms with Crippen LogP contribution in [0.25, 0.3) is 0 Å². The zero-order chi connectivity index (χ0) is 20.9. The molecular weight excluding hydrogens is 497 g/mol. The summed E-state index contributed by atoms with van der Waals surface area (Å²) in [6.07, 6.45) is 0.114. The second-order valence-electron chi connectivity index (χ2n) is 8.38. The molecule has 30 heavy (non-hydrogen) atoms. The maximum atomic E-state index is 12.3. The molecule has 1 fully saturated rings. The van der Waals surface area contributed by atoms with Crippen LogP contribution >= 0.6 is 24.0 Å². The third-order valence-corrected chi connectivity index (χ3v) is 4.83. The van der Waals surface area contributed by atoms with E-state index in [0.717, 1.165) is 11.5 Å². The minimum absolute atomic E-state index is 0. The SMILES string of the molecule is CC(C)(C)OC(=O)N1CCN2C(NCCC(=O)NCc3ccccc3)=NCC2C1.I. The summed E-state index contributed by atoms with van der Waals surface area (Å²) in [7, 11) is 0. The Labute approximate surface area is 195 Å². The molecule has 1 aromatic carbocycles. The maximum absolute atomic E-state index is 12.3. The number of carbonyl (C=O) groups is 2. The first-order chi connectivity index (χ1) is 13.8. The summed E-state index contributed by atoms with van der Waals surface area (Å²) < 4.78 is 5.47. The Morgan fingerprint density at radius 1 is 1.20 bits per heavy atom. The second-order valence-corrected chi connectivity index (χ2v) is 8.38. The molecule has 0 aliphatic carbocycles. The van der Waals surface area contributed by atoms with Crippen molar-refractivity contribution in [1.29, 1.82) is 0 Å². The van der Waals surface area contributed by atoms with Crippen LogP contribution in [-0.4, -0.2) is 72.1 Å². The third-order valence-electron chi connectivity index (χ3n) is 4.83. The molecule has 0 radical (unpaired) electrons. The highest BCUT2D eigenvalue weighted by molar-refractivity contribution is 14.0. The number of nitrogens with one attached hydrogen (secondary N) is 2. The van der Waals surface area contributed by atoms with E-state index in [1.54, 1.807) is 4.90 Å². The quantitative estimate of drug-likeness (QED) is 0.572. The molecule has 1 atom stereocenters. The molecule has 0 aromatic heterocycles. The number of piperazine rings is 1. The van der Waals surface area contributed by atoms with Gasteiger partial charge in [-0.15, -0.1) is 24.0 Å². The summed E-state index contributed by atoms with van der Waals surface area (Å²) in [6.45, 7) is 9.23. The molecule has 2 heterocycles. The fraction of sp³-hybridized carbons (Fsp3) is 0.571. The van der Waals surface area contributed by atoms with Crippen molar-refractivity contribution in [2.45, 2.75) is 45.4 Å². The molecule has 3 rings (SSSR count). The lowest BCUT2D eigenvalue weighted by Crippen LogP contribution is -2.57. The van der Waals surface area contributed by atoms with Gasteiger partial charge in [-0.1, -0.05) is 30.3 Å². The Hall–Kier alpha value is -2.04. The molecular formula is C21H32IN5O3. The lowest BCUT2D eigenvalue weighted by molar-refractivity contribution is -0.121. The Bertz CT molecular complexity index is 751. The minimum atomic E-state index is -0.492. The highest BCUT2D eigenvalue weighted by atomic mass is 127. The number of fused-ring (bicyclic) bond motifs is 1. The van der Waals surface area contributed by atoms with Gasteiger partial charge in [0.25, 0.3) is 0 Å². The van der Waals surface area contributed by atoms with Crippen molar-refractivity contribution in [2.24, 2.45) is 4.99 Å². The summed E-state index contributed by atoms with van der Waals surface area (Å²) in [4.78, 5) is 32.8. The van der Waals surface area contributed by atoms with Crippen LogP contribution in [0.15, 0.2) is 35.3 Å². The van der Waals surface area contributed by atoms with Crippen molar-refractivity contribution in [3.63, 3.8) is 0 Å². The van der Waals surface area contributed by atoms with Gasteiger partial charge in [0.1, 0.15) is 5.60 Å². The van der Waals surface area contributed by atoms with Crippen molar-refractivity contribution in [3.8, 4) is 0 Å². The number of benzene rings is 1. The fourth-order valence-electron chi connectivity index (χ4n) is 3.40. The Balaban J connectivity index is 0.00000320. The van der Waals surface area contributed by atoms with E-state index in [4.69, 9.17) is 4.74 Å². The molecule has 8 nitrogen and oxygen atoms in total. The van der Waals surface area contributed by atoms with Crippen LogP contribution in [0.2, 0.25) is 0 Å². The number of hydrogen-bond donors (Lipinski definition) is 2. The van der Waals surface area contributed by atoms with E-state index >= 15 is 0 Å². The van der Waals surface area contributed by atoms with Gasteiger partial charge in [-0.2, -0.15) is 0 Å². The number of hydrogen-bond acceptors (Lipinski definition) is 6. The van der Waals surface area contributed by atoms with Crippen LogP contribution in [0.4, 0.5) is 4.79 Å². The van der Waals surface area contributed by atoms with Gasteiger partial charge in [0.15, 0.2) is 5.96 Å². The van der Waals surface area contributed by atoms with Gasteiger partial charge in [0.2, 0.25) is 5.91 Å². The summed E-state index contributed by atoms with van der Waals surface area (Å²) in [5, 5.41) is 6.20. The average molecular weight is 529 g/mol. The van der Waals surface area contributed by atoms with Crippen molar-refractivity contribution in [1.82, 2.24) is 20.4 Å². The van der Waals surface area contributed by atoms with E-state index in [1.165, 1.54) is 0 Å². The van der Waals surface area contributed by atoms with E-state index in [2.05, 4.69) is 20.5 Å². The van der Waals surface area contributed by atoms with Gasteiger partial charge in [-0.05, 0) is 26.3 Å². The van der Waals surface area contributed by atoms with E-state index in [9.17, 15) is 9.59 Å². The zero-order valence-electron chi connectivity index (χ0n) is 17.9. The number of amides is 2. The van der Waals surface area contributed by atoms with Crippen LogP contribution in [-0.2, 0) is 16.1 Å². The van der Waals surface area contributed by atoms with Crippen LogP contribution in [0.5, 0.6) is 0 Å². The van der Waals surface area contributed by atoms with E-state index in [1.807, 2.05) is 51.1 Å². The van der Waals surface area contributed by atoms with Crippen LogP contribution < -0.4 is 10.6 Å². The van der Waals surface area contributed by atoms with Gasteiger partial charge < -0.3 is 25.2 Å². The largest absolute Gasteiger partial charge is 0.444 e. The van der Waals surface area contributed by atoms with Gasteiger partial charge in [-0.3, -0.25) is 9.79 Å². The Kier molecular flexibility index (Phi) is 8.75. The maximum Gasteiger partial charge on any atom is 0.410 e. The summed E-state index contributed by atoms with van der Waals surface area (Å²) in [6, 6.07) is 10.0. The smallest absolute Gasteiger partial charge is 0.410 e. The molecule has 2 amide bonds. The predicted octanol–water partition coefficient (Wildman–Crippen LogP) is 2.19. The number of carbonyl (C=O) groups excluding carboxylic acids is 2. The number of rotatable bonds is 5. The van der Waals surface area contributed by atoms with Gasteiger partial charge in [-0.25, -0.2) is 4.79 Å². The summed E-state index contributed by atoms with van der Waals surface area (Å²) in [5.74, 6) is 0.820. The van der Waals surface area contributed by atoms with Crippen LogP contribution in [0.3, 0.4) is 0 Å². The van der Waals surface area contributed by atoms with Crippen molar-refractivity contribution in [3.05, 3.63) is 35.9 Å². The number of nitrogens with zero attached hydrogens (tertiary/aromatic N) is 3. The van der Waals surface area contributed by atoms with Crippen molar-refractivity contribution < 1.29 is 14.3 Å². The highest BCUT2D eigenvalue weighted by Gasteiger charge is 2.36. The lowest BCUT2D eigenvalue weighted by Gasteiger charge is -2.39. The standard InChI is InChI=1S/C21H31N5O3.HI/c1-21(2,3)29-20(28)25-11-12-26-17(15-25)14-24-19(26)22-10-9-18(27)23-13-16-7-5-4-6-8-16;/h4-8,17H,9-15H2,1-3H3,(H,22,24)(H,23,27);1H. The molecule has 2 N–H and O–H groups in total. The molecule has 2 aliphatic rings. The summed E-state index contributed by atoms with van der Waals surface area (Å²) >= 11 is 0. The molecule has 1 unspecified atom stereocenters. The Morgan fingerprint density at radius 2 is 1.93 bits per heavy atom. The number of guanidine groups is 1. The topological polar surface area (TPSA) is 86.3 Å². The predicted molar refractivity (Wildman–Crippen MR) is 127 cm³/mol. The van der Waals surface area contributed by atoms with Crippen molar-refractivity contribution in [2.75, 3.05) is 32.7 Å². The van der Waals surface area contributed by atoms with Crippen LogP contribution in [0, 0.1) is 0 Å². The molecule has 2 aliphatic heterocycles. The molecule has 1 saturated heterocycles. The first kappa shape index (κ1) is 24.2. The second kappa shape index (κ2) is 10.8. The monoisotopic (exact) mass is 529 g/mol. The van der Waals surface area contributed by atoms with Gasteiger partial charge in [0, 0.05) is 39.1 Å². The third kappa shape index (κ3) is 7.03. The lowest BCUT2D eigenvalue weighted by atomic mass is 10.2. The van der Waals surface area contributed by atoms with Gasteiger partial charge >= 0.3 is 6.09 Å². The molecule has 1 aromatic rings. The Morgan fingerprint density at radius 3 is 2.63 bits per heavy atom. The molecule has 9 heteroatoms. The first-order valence-corrected chi connectivity index (χ1v) is 10.2. The first-order valence-electron chi connectivity index (χ1n) is 10.2. The number of ether oxygens (including phenoxy) is 1. The van der Waals surface area contributed by atoms with Gasteiger partial charge in [0.05, 0.1) is 12.6 Å². The molecule has 0 saturated carbocycles. The molecule has 166 valence electrons. The fourth-order valence-corrected chi connectivity index (χ4v) is 3.40. The zero-order valence-corrected chi connectivity index (χ0v) is 20.2. The van der Waals surface area contributed by atoms with Crippen molar-refractivity contribution >= 4 is 41.9 Å².